The molecule has 7 heteroatoms. The molecule has 118 valence electrons. The molecule has 1 aliphatic heterocycles. The zero-order chi connectivity index (χ0) is 15.9. The van der Waals surface area contributed by atoms with E-state index in [-0.39, 0.29) is 17.6 Å². The van der Waals surface area contributed by atoms with Crippen molar-refractivity contribution in [2.24, 2.45) is 0 Å². The molecule has 0 amide bonds. The van der Waals surface area contributed by atoms with Gasteiger partial charge in [0.05, 0.1) is 24.2 Å². The number of hydrogen-bond acceptors (Lipinski definition) is 6. The lowest BCUT2D eigenvalue weighted by Crippen LogP contribution is -2.37. The summed E-state index contributed by atoms with van der Waals surface area (Å²) in [5, 5.41) is 5.33. The van der Waals surface area contributed by atoms with Gasteiger partial charge in [0, 0.05) is 6.54 Å². The fourth-order valence-electron chi connectivity index (χ4n) is 2.95. The summed E-state index contributed by atoms with van der Waals surface area (Å²) < 4.78 is 6.80. The predicted molar refractivity (Wildman–Crippen MR) is 82.7 cm³/mol. The van der Waals surface area contributed by atoms with Crippen molar-refractivity contribution in [3.8, 4) is 0 Å². The maximum Gasteiger partial charge on any atom is 0.328 e. The summed E-state index contributed by atoms with van der Waals surface area (Å²) in [5.41, 5.74) is 0.619. The van der Waals surface area contributed by atoms with Crippen molar-refractivity contribution >= 4 is 22.8 Å². The summed E-state index contributed by atoms with van der Waals surface area (Å²) in [6.45, 7) is 7.02. The van der Waals surface area contributed by atoms with Crippen LogP contribution in [-0.2, 0) is 15.1 Å². The zero-order valence-electron chi connectivity index (χ0n) is 13.4. The molecule has 2 aromatic heterocycles. The number of esters is 1. The van der Waals surface area contributed by atoms with Crippen LogP contribution in [-0.4, -0.2) is 45.4 Å². The van der Waals surface area contributed by atoms with Crippen LogP contribution in [0.4, 0.5) is 5.82 Å². The lowest BCUT2D eigenvalue weighted by atomic mass is 10.1. The van der Waals surface area contributed by atoms with Crippen LogP contribution >= 0.6 is 0 Å². The molecule has 0 spiro atoms. The number of methoxy groups -OCH3 is 1. The number of anilines is 1. The smallest absolute Gasteiger partial charge is 0.328 e. The predicted octanol–water partition coefficient (Wildman–Crippen LogP) is 1.72. The minimum Gasteiger partial charge on any atom is -0.467 e. The van der Waals surface area contributed by atoms with E-state index in [1.165, 1.54) is 13.4 Å². The van der Waals surface area contributed by atoms with Crippen LogP contribution in [0.15, 0.2) is 12.5 Å². The van der Waals surface area contributed by atoms with Crippen molar-refractivity contribution in [2.45, 2.75) is 45.2 Å². The molecular weight excluding hydrogens is 282 g/mol. The van der Waals surface area contributed by atoms with E-state index in [0.29, 0.717) is 0 Å². The Labute approximate surface area is 129 Å². The number of aromatic nitrogens is 4. The second kappa shape index (κ2) is 5.23. The molecule has 0 N–H and O–H groups in total. The first-order valence-electron chi connectivity index (χ1n) is 7.47. The van der Waals surface area contributed by atoms with Crippen molar-refractivity contribution in [1.82, 2.24) is 19.7 Å². The molecule has 0 saturated carbocycles. The molecule has 2 aromatic rings. The van der Waals surface area contributed by atoms with Gasteiger partial charge in [0.25, 0.3) is 0 Å². The number of nitrogens with zero attached hydrogens (tertiary/aromatic N) is 5. The summed E-state index contributed by atoms with van der Waals surface area (Å²) in [7, 11) is 1.42. The minimum atomic E-state index is -0.277. The third-order valence-electron chi connectivity index (χ3n) is 3.98. The molecule has 0 radical (unpaired) electrons. The lowest BCUT2D eigenvalue weighted by Gasteiger charge is -2.24. The summed E-state index contributed by atoms with van der Waals surface area (Å²) >= 11 is 0. The van der Waals surface area contributed by atoms with Gasteiger partial charge in [-0.25, -0.2) is 19.4 Å². The maximum atomic E-state index is 12.0. The monoisotopic (exact) mass is 303 g/mol. The molecule has 1 saturated heterocycles. The molecule has 1 unspecified atom stereocenters. The first-order valence-corrected chi connectivity index (χ1v) is 7.47. The van der Waals surface area contributed by atoms with Crippen LogP contribution in [0, 0.1) is 0 Å². The average molecular weight is 303 g/mol. The molecule has 1 aliphatic rings. The second-order valence-electron chi connectivity index (χ2n) is 6.54. The topological polar surface area (TPSA) is 73.1 Å². The van der Waals surface area contributed by atoms with Crippen molar-refractivity contribution in [3.05, 3.63) is 12.5 Å². The molecule has 3 rings (SSSR count). The molecule has 1 fully saturated rings. The van der Waals surface area contributed by atoms with Gasteiger partial charge >= 0.3 is 5.97 Å². The Kier molecular flexibility index (Phi) is 3.50. The first kappa shape index (κ1) is 14.7. The number of fused-ring (bicyclic) bond motifs is 1. The Morgan fingerprint density at radius 1 is 1.36 bits per heavy atom. The first-order chi connectivity index (χ1) is 10.4. The maximum absolute atomic E-state index is 12.0. The third kappa shape index (κ3) is 2.30. The van der Waals surface area contributed by atoms with E-state index in [1.807, 2.05) is 9.58 Å². The quantitative estimate of drug-likeness (QED) is 0.787. The minimum absolute atomic E-state index is 0.167. The normalized spacial score (nSPS) is 18.9. The summed E-state index contributed by atoms with van der Waals surface area (Å²) in [6, 6.07) is -0.277. The Balaban J connectivity index is 2.08. The fourth-order valence-corrected chi connectivity index (χ4v) is 2.95. The highest BCUT2D eigenvalue weighted by Gasteiger charge is 2.34. The van der Waals surface area contributed by atoms with Crippen LogP contribution in [0.3, 0.4) is 0 Å². The second-order valence-corrected chi connectivity index (χ2v) is 6.54. The molecule has 22 heavy (non-hydrogen) atoms. The summed E-state index contributed by atoms with van der Waals surface area (Å²) in [6.07, 6.45) is 5.04. The van der Waals surface area contributed by atoms with Crippen LogP contribution in [0.2, 0.25) is 0 Å². The zero-order valence-corrected chi connectivity index (χ0v) is 13.4. The van der Waals surface area contributed by atoms with Gasteiger partial charge in [-0.15, -0.1) is 0 Å². The standard InChI is InChI=1S/C15H21N5O2/c1-15(2,3)20-13-10(8-18-20)12(16-9-17-13)19-7-5-6-11(19)14(21)22-4/h8-9,11H,5-7H2,1-4H3. The molecule has 0 aliphatic carbocycles. The van der Waals surface area contributed by atoms with E-state index in [2.05, 4.69) is 35.8 Å². The lowest BCUT2D eigenvalue weighted by molar-refractivity contribution is -0.141. The van der Waals surface area contributed by atoms with Gasteiger partial charge in [-0.3, -0.25) is 0 Å². The van der Waals surface area contributed by atoms with Crippen molar-refractivity contribution < 1.29 is 9.53 Å². The number of rotatable bonds is 2. The summed E-state index contributed by atoms with van der Waals surface area (Å²) in [4.78, 5) is 22.8. The van der Waals surface area contributed by atoms with Crippen LogP contribution in [0.1, 0.15) is 33.6 Å². The number of ether oxygens (including phenoxy) is 1. The fraction of sp³-hybridized carbons (Fsp3) is 0.600. The van der Waals surface area contributed by atoms with Gasteiger partial charge in [-0.1, -0.05) is 0 Å². The van der Waals surface area contributed by atoms with Gasteiger partial charge in [-0.05, 0) is 33.6 Å². The Hall–Kier alpha value is -2.18. The van der Waals surface area contributed by atoms with Crippen molar-refractivity contribution in [3.63, 3.8) is 0 Å². The van der Waals surface area contributed by atoms with Gasteiger partial charge in [0.1, 0.15) is 18.2 Å². The third-order valence-corrected chi connectivity index (χ3v) is 3.98. The van der Waals surface area contributed by atoms with E-state index in [1.54, 1.807) is 6.20 Å². The Bertz CT molecular complexity index is 704. The molecular formula is C15H21N5O2. The Morgan fingerprint density at radius 2 is 2.14 bits per heavy atom. The van der Waals surface area contributed by atoms with E-state index in [4.69, 9.17) is 4.74 Å². The van der Waals surface area contributed by atoms with Gasteiger partial charge in [-0.2, -0.15) is 5.10 Å². The highest BCUT2D eigenvalue weighted by atomic mass is 16.5. The highest BCUT2D eigenvalue weighted by molar-refractivity contribution is 5.90. The SMILES string of the molecule is COC(=O)C1CCCN1c1ncnc2c1cnn2C(C)(C)C. The number of carbonyl (C=O) groups excluding carboxylic acids is 1. The molecule has 3 heterocycles. The molecule has 7 nitrogen and oxygen atoms in total. The van der Waals surface area contributed by atoms with E-state index in [9.17, 15) is 4.79 Å². The number of carbonyl (C=O) groups is 1. The Morgan fingerprint density at radius 3 is 2.82 bits per heavy atom. The van der Waals surface area contributed by atoms with Crippen LogP contribution < -0.4 is 4.90 Å². The highest BCUT2D eigenvalue weighted by Crippen LogP contribution is 2.31. The van der Waals surface area contributed by atoms with Crippen molar-refractivity contribution in [1.29, 1.82) is 0 Å². The summed E-state index contributed by atoms with van der Waals surface area (Å²) in [5.74, 6) is 0.542. The van der Waals surface area contributed by atoms with Gasteiger partial charge in [0.15, 0.2) is 5.65 Å². The van der Waals surface area contributed by atoms with Crippen LogP contribution in [0.25, 0.3) is 11.0 Å². The largest absolute Gasteiger partial charge is 0.467 e. The average Bonchev–Trinajstić information content (AvgIpc) is 3.11. The van der Waals surface area contributed by atoms with E-state index in [0.717, 1.165) is 36.2 Å². The van der Waals surface area contributed by atoms with E-state index < -0.39 is 0 Å². The molecule has 1 atom stereocenters. The van der Waals surface area contributed by atoms with Gasteiger partial charge in [0.2, 0.25) is 0 Å². The van der Waals surface area contributed by atoms with E-state index >= 15 is 0 Å². The van der Waals surface area contributed by atoms with Gasteiger partial charge < -0.3 is 9.64 Å². The number of hydrogen-bond donors (Lipinski definition) is 0. The van der Waals surface area contributed by atoms with Crippen LogP contribution in [0.5, 0.6) is 0 Å². The molecule has 0 aromatic carbocycles. The molecule has 0 bridgehead atoms. The van der Waals surface area contributed by atoms with Crippen molar-refractivity contribution in [2.75, 3.05) is 18.6 Å².